The maximum atomic E-state index is 5.66. The van der Waals surface area contributed by atoms with E-state index in [9.17, 15) is 0 Å². The topological polar surface area (TPSA) is 9.23 Å². The molecule has 13 heavy (non-hydrogen) atoms. The van der Waals surface area contributed by atoms with Gasteiger partial charge in [-0.25, -0.2) is 0 Å². The zero-order valence-corrected chi connectivity index (χ0v) is 7.75. The second-order valence-corrected chi connectivity index (χ2v) is 3.35. The van der Waals surface area contributed by atoms with E-state index in [4.69, 9.17) is 4.74 Å². The van der Waals surface area contributed by atoms with Crippen molar-refractivity contribution >= 4 is 0 Å². The molecule has 0 bridgehead atoms. The summed E-state index contributed by atoms with van der Waals surface area (Å²) in [6, 6.07) is 6.37. The lowest BCUT2D eigenvalue weighted by Crippen LogP contribution is -2.10. The summed E-state index contributed by atoms with van der Waals surface area (Å²) in [5.74, 6) is 1.11. The summed E-state index contributed by atoms with van der Waals surface area (Å²) in [5, 5.41) is 0. The quantitative estimate of drug-likeness (QED) is 0.626. The Morgan fingerprint density at radius 3 is 3.23 bits per heavy atom. The van der Waals surface area contributed by atoms with E-state index >= 15 is 0 Å². The van der Waals surface area contributed by atoms with Gasteiger partial charge >= 0.3 is 0 Å². The molecule has 1 heterocycles. The number of benzene rings is 1. The lowest BCUT2D eigenvalue weighted by Gasteiger charge is -2.19. The van der Waals surface area contributed by atoms with Gasteiger partial charge in [0.1, 0.15) is 5.75 Å². The Hall–Kier alpha value is -1.24. The van der Waals surface area contributed by atoms with Crippen LogP contribution in [0.5, 0.6) is 5.75 Å². The van der Waals surface area contributed by atoms with E-state index < -0.39 is 0 Å². The van der Waals surface area contributed by atoms with Gasteiger partial charge < -0.3 is 4.74 Å². The molecule has 68 valence electrons. The largest absolute Gasteiger partial charge is 0.493 e. The third-order valence-corrected chi connectivity index (χ3v) is 2.38. The molecule has 0 amide bonds. The summed E-state index contributed by atoms with van der Waals surface area (Å²) in [6.45, 7) is 4.61. The fraction of sp³-hybridized carbons (Fsp3) is 0.333. The van der Waals surface area contributed by atoms with Gasteiger partial charge in [0.25, 0.3) is 0 Å². The molecular weight excluding hydrogens is 160 g/mol. The molecule has 1 heteroatoms. The summed E-state index contributed by atoms with van der Waals surface area (Å²) in [6.07, 6.45) is 5.13. The molecule has 0 aromatic heterocycles. The molecule has 1 aliphatic heterocycles. The molecular formula is C12H14O. The molecule has 0 atom stereocenters. The Labute approximate surface area is 79.0 Å². The van der Waals surface area contributed by atoms with E-state index in [1.165, 1.54) is 11.1 Å². The molecule has 0 aliphatic carbocycles. The predicted molar refractivity (Wildman–Crippen MR) is 54.2 cm³/mol. The van der Waals surface area contributed by atoms with Crippen LogP contribution < -0.4 is 4.74 Å². The van der Waals surface area contributed by atoms with Crippen molar-refractivity contribution in [1.29, 1.82) is 0 Å². The van der Waals surface area contributed by atoms with Crippen LogP contribution in [0, 0.1) is 0 Å². The summed E-state index contributed by atoms with van der Waals surface area (Å²) in [5.41, 5.74) is 2.62. The summed E-state index contributed by atoms with van der Waals surface area (Å²) in [4.78, 5) is 0. The summed E-state index contributed by atoms with van der Waals surface area (Å²) >= 11 is 0. The molecule has 1 nitrogen and oxygen atoms in total. The van der Waals surface area contributed by atoms with Gasteiger partial charge in [-0.2, -0.15) is 0 Å². The number of hydrogen-bond donors (Lipinski definition) is 0. The smallest absolute Gasteiger partial charge is 0.125 e. The first kappa shape index (κ1) is 8.36. The highest BCUT2D eigenvalue weighted by atomic mass is 16.5. The lowest BCUT2D eigenvalue weighted by molar-refractivity contribution is 0.285. The van der Waals surface area contributed by atoms with Crippen molar-refractivity contribution in [2.45, 2.75) is 19.3 Å². The molecule has 0 spiro atoms. The number of allylic oxidation sites excluding steroid dienone is 1. The first-order chi connectivity index (χ1) is 6.42. The van der Waals surface area contributed by atoms with Gasteiger partial charge in [-0.3, -0.25) is 0 Å². The van der Waals surface area contributed by atoms with Crippen LogP contribution in [0.3, 0.4) is 0 Å². The maximum Gasteiger partial charge on any atom is 0.125 e. The predicted octanol–water partition coefficient (Wildman–Crippen LogP) is 2.74. The minimum absolute atomic E-state index is 0.862. The molecule has 0 saturated heterocycles. The maximum absolute atomic E-state index is 5.66. The van der Waals surface area contributed by atoms with Crippen LogP contribution in [0.15, 0.2) is 30.9 Å². The van der Waals surface area contributed by atoms with Gasteiger partial charge in [0, 0.05) is 0 Å². The number of ether oxygens (including phenoxy) is 1. The summed E-state index contributed by atoms with van der Waals surface area (Å²) < 4.78 is 5.66. The van der Waals surface area contributed by atoms with Crippen LogP contribution in [0.2, 0.25) is 0 Å². The van der Waals surface area contributed by atoms with Crippen LogP contribution in [0.1, 0.15) is 17.5 Å². The minimum Gasteiger partial charge on any atom is -0.493 e. The average Bonchev–Trinajstić information content (AvgIpc) is 2.19. The Morgan fingerprint density at radius 2 is 2.38 bits per heavy atom. The van der Waals surface area contributed by atoms with Crippen LogP contribution >= 0.6 is 0 Å². The number of rotatable bonds is 2. The van der Waals surface area contributed by atoms with Crippen molar-refractivity contribution in [2.24, 2.45) is 0 Å². The SMILES string of the molecule is C=CCc1cccc2c1OCCC2. The van der Waals surface area contributed by atoms with Crippen molar-refractivity contribution in [3.05, 3.63) is 42.0 Å². The number of hydrogen-bond acceptors (Lipinski definition) is 1. The van der Waals surface area contributed by atoms with Gasteiger partial charge in [-0.1, -0.05) is 24.3 Å². The Kier molecular flexibility index (Phi) is 2.35. The van der Waals surface area contributed by atoms with Gasteiger partial charge in [-0.05, 0) is 30.4 Å². The van der Waals surface area contributed by atoms with E-state index in [0.29, 0.717) is 0 Å². The summed E-state index contributed by atoms with van der Waals surface area (Å²) in [7, 11) is 0. The molecule has 0 unspecified atom stereocenters. The average molecular weight is 174 g/mol. The first-order valence-corrected chi connectivity index (χ1v) is 4.76. The third-order valence-electron chi connectivity index (χ3n) is 2.38. The molecule has 2 rings (SSSR count). The number of aryl methyl sites for hydroxylation is 1. The van der Waals surface area contributed by atoms with Crippen molar-refractivity contribution < 1.29 is 4.74 Å². The van der Waals surface area contributed by atoms with Crippen molar-refractivity contribution in [1.82, 2.24) is 0 Å². The van der Waals surface area contributed by atoms with E-state index in [1.807, 2.05) is 6.08 Å². The molecule has 1 aromatic rings. The van der Waals surface area contributed by atoms with Crippen molar-refractivity contribution in [3.63, 3.8) is 0 Å². The van der Waals surface area contributed by atoms with Gasteiger partial charge in [0.05, 0.1) is 6.61 Å². The molecule has 0 fully saturated rings. The number of fused-ring (bicyclic) bond motifs is 1. The van der Waals surface area contributed by atoms with E-state index in [2.05, 4.69) is 24.8 Å². The zero-order chi connectivity index (χ0) is 9.10. The third kappa shape index (κ3) is 1.59. The van der Waals surface area contributed by atoms with Crippen molar-refractivity contribution in [3.8, 4) is 5.75 Å². The second kappa shape index (κ2) is 3.65. The molecule has 1 aromatic carbocycles. The Morgan fingerprint density at radius 1 is 1.46 bits per heavy atom. The van der Waals surface area contributed by atoms with Crippen LogP contribution in [0.4, 0.5) is 0 Å². The Bertz CT molecular complexity index is 315. The fourth-order valence-corrected chi connectivity index (χ4v) is 1.77. The molecule has 0 N–H and O–H groups in total. The van der Waals surface area contributed by atoms with E-state index in [1.54, 1.807) is 0 Å². The highest BCUT2D eigenvalue weighted by Gasteiger charge is 2.12. The Balaban J connectivity index is 2.39. The van der Waals surface area contributed by atoms with Gasteiger partial charge in [-0.15, -0.1) is 6.58 Å². The van der Waals surface area contributed by atoms with Crippen molar-refractivity contribution in [2.75, 3.05) is 6.61 Å². The van der Waals surface area contributed by atoms with Gasteiger partial charge in [0.2, 0.25) is 0 Å². The second-order valence-electron chi connectivity index (χ2n) is 3.35. The molecule has 1 aliphatic rings. The normalized spacial score (nSPS) is 14.5. The van der Waals surface area contributed by atoms with Crippen LogP contribution in [0.25, 0.3) is 0 Å². The van der Waals surface area contributed by atoms with Gasteiger partial charge in [0.15, 0.2) is 0 Å². The monoisotopic (exact) mass is 174 g/mol. The minimum atomic E-state index is 0.862. The fourth-order valence-electron chi connectivity index (χ4n) is 1.77. The number of para-hydroxylation sites is 1. The molecule has 0 saturated carbocycles. The van der Waals surface area contributed by atoms with Crippen LogP contribution in [-0.4, -0.2) is 6.61 Å². The zero-order valence-electron chi connectivity index (χ0n) is 7.75. The van der Waals surface area contributed by atoms with E-state index in [-0.39, 0.29) is 0 Å². The van der Waals surface area contributed by atoms with E-state index in [0.717, 1.165) is 31.6 Å². The highest BCUT2D eigenvalue weighted by molar-refractivity contribution is 5.43. The highest BCUT2D eigenvalue weighted by Crippen LogP contribution is 2.29. The van der Waals surface area contributed by atoms with Crippen LogP contribution in [-0.2, 0) is 12.8 Å². The first-order valence-electron chi connectivity index (χ1n) is 4.76. The lowest BCUT2D eigenvalue weighted by atomic mass is 10.0. The molecule has 0 radical (unpaired) electrons. The standard InChI is InChI=1S/C12H14O/c1-2-5-10-6-3-7-11-8-4-9-13-12(10)11/h2-3,6-7H,1,4-5,8-9H2.